The minimum Gasteiger partial charge on any atom is -0.494 e. The fourth-order valence-electron chi connectivity index (χ4n) is 3.04. The summed E-state index contributed by atoms with van der Waals surface area (Å²) in [6.45, 7) is 2.21. The van der Waals surface area contributed by atoms with Crippen molar-refractivity contribution in [3.05, 3.63) is 99.8 Å². The van der Waals surface area contributed by atoms with E-state index in [0.717, 1.165) is 0 Å². The molecule has 0 heterocycles. The number of halogens is 2. The van der Waals surface area contributed by atoms with Crippen molar-refractivity contribution in [3.8, 4) is 11.8 Å². The van der Waals surface area contributed by atoms with Gasteiger partial charge in [-0.25, -0.2) is 4.39 Å². The Morgan fingerprint density at radius 2 is 1.87 bits per heavy atom. The van der Waals surface area contributed by atoms with Crippen LogP contribution in [-0.2, 0) is 11.2 Å². The summed E-state index contributed by atoms with van der Waals surface area (Å²) in [6.07, 6.45) is 1.70. The van der Waals surface area contributed by atoms with E-state index in [1.165, 1.54) is 12.1 Å². The minimum atomic E-state index is -0.529. The van der Waals surface area contributed by atoms with E-state index in [1.54, 1.807) is 54.6 Å². The van der Waals surface area contributed by atoms with Crippen molar-refractivity contribution in [1.82, 2.24) is 0 Å². The molecule has 0 saturated carbocycles. The Bertz CT molecular complexity index is 1150. The Morgan fingerprint density at radius 3 is 2.55 bits per heavy atom. The van der Waals surface area contributed by atoms with Gasteiger partial charge < -0.3 is 10.1 Å². The molecule has 0 fully saturated rings. The number of carbonyl (C=O) groups is 1. The third-order valence-electron chi connectivity index (χ3n) is 4.51. The van der Waals surface area contributed by atoms with Gasteiger partial charge in [0.05, 0.1) is 6.61 Å². The van der Waals surface area contributed by atoms with Crippen LogP contribution >= 0.6 is 11.6 Å². The summed E-state index contributed by atoms with van der Waals surface area (Å²) < 4.78 is 19.8. The van der Waals surface area contributed by atoms with Crippen molar-refractivity contribution in [1.29, 1.82) is 5.26 Å². The number of benzene rings is 3. The zero-order valence-electron chi connectivity index (χ0n) is 16.9. The van der Waals surface area contributed by atoms with E-state index in [4.69, 9.17) is 16.3 Å². The number of hydrogen-bond acceptors (Lipinski definition) is 3. The number of anilines is 1. The fourth-order valence-corrected chi connectivity index (χ4v) is 3.32. The van der Waals surface area contributed by atoms with E-state index in [0.29, 0.717) is 39.8 Å². The van der Waals surface area contributed by atoms with Gasteiger partial charge in [-0.1, -0.05) is 48.0 Å². The molecule has 0 aliphatic rings. The number of nitrogens with one attached hydrogen (secondary N) is 1. The standard InChI is InChI=1S/C25H20ClFN2O2/c1-2-31-24-14-17(12-19(16-28)25(30)29-20-9-4-3-5-10-20)13-22(26)21(24)15-18-8-6-7-11-23(18)27/h3-14H,2,15H2,1H3,(H,29,30)/b19-12+. The molecule has 0 radical (unpaired) electrons. The van der Waals surface area contributed by atoms with Crippen LogP contribution in [0.25, 0.3) is 6.08 Å². The highest BCUT2D eigenvalue weighted by Gasteiger charge is 2.15. The van der Waals surface area contributed by atoms with Gasteiger partial charge >= 0.3 is 0 Å². The fraction of sp³-hybridized carbons (Fsp3) is 0.120. The van der Waals surface area contributed by atoms with E-state index in [-0.39, 0.29) is 17.8 Å². The van der Waals surface area contributed by atoms with Crippen molar-refractivity contribution in [2.45, 2.75) is 13.3 Å². The second-order valence-corrected chi connectivity index (χ2v) is 7.08. The molecule has 31 heavy (non-hydrogen) atoms. The van der Waals surface area contributed by atoms with Crippen LogP contribution in [-0.4, -0.2) is 12.5 Å². The number of rotatable bonds is 7. The van der Waals surface area contributed by atoms with Gasteiger partial charge in [-0.05, 0) is 54.5 Å². The zero-order valence-corrected chi connectivity index (χ0v) is 17.6. The molecule has 1 N–H and O–H groups in total. The maximum absolute atomic E-state index is 14.1. The molecule has 0 unspecified atom stereocenters. The quantitative estimate of drug-likeness (QED) is 0.365. The highest BCUT2D eigenvalue weighted by Crippen LogP contribution is 2.32. The largest absolute Gasteiger partial charge is 0.494 e. The molecule has 3 rings (SSSR count). The van der Waals surface area contributed by atoms with Crippen LogP contribution in [0.3, 0.4) is 0 Å². The molecule has 0 spiro atoms. The van der Waals surface area contributed by atoms with Crippen LogP contribution in [0.15, 0.2) is 72.3 Å². The lowest BCUT2D eigenvalue weighted by molar-refractivity contribution is -0.112. The third-order valence-corrected chi connectivity index (χ3v) is 4.85. The van der Waals surface area contributed by atoms with Crippen molar-refractivity contribution in [2.24, 2.45) is 0 Å². The number of para-hydroxylation sites is 1. The molecular formula is C25H20ClFN2O2. The first-order chi connectivity index (χ1) is 15.0. The highest BCUT2D eigenvalue weighted by atomic mass is 35.5. The van der Waals surface area contributed by atoms with Crippen molar-refractivity contribution in [3.63, 3.8) is 0 Å². The first-order valence-electron chi connectivity index (χ1n) is 9.68. The number of ether oxygens (including phenoxy) is 1. The molecule has 0 atom stereocenters. The van der Waals surface area contributed by atoms with E-state index in [2.05, 4.69) is 5.32 Å². The number of nitriles is 1. The second-order valence-electron chi connectivity index (χ2n) is 6.67. The lowest BCUT2D eigenvalue weighted by atomic mass is 10.0. The average Bonchev–Trinajstić information content (AvgIpc) is 2.76. The van der Waals surface area contributed by atoms with Crippen LogP contribution in [0.5, 0.6) is 5.75 Å². The molecule has 0 bridgehead atoms. The van der Waals surface area contributed by atoms with Gasteiger partial charge in [-0.2, -0.15) is 5.26 Å². The molecule has 0 aromatic heterocycles. The number of hydrogen-bond donors (Lipinski definition) is 1. The van der Waals surface area contributed by atoms with Gasteiger partial charge in [0.25, 0.3) is 5.91 Å². The van der Waals surface area contributed by atoms with E-state index in [9.17, 15) is 14.4 Å². The van der Waals surface area contributed by atoms with Gasteiger partial charge in [0, 0.05) is 22.7 Å². The zero-order chi connectivity index (χ0) is 22.2. The smallest absolute Gasteiger partial charge is 0.266 e. The number of amides is 1. The second kappa shape index (κ2) is 10.4. The molecule has 0 saturated heterocycles. The molecule has 6 heteroatoms. The van der Waals surface area contributed by atoms with Crippen LogP contribution < -0.4 is 10.1 Å². The van der Waals surface area contributed by atoms with Crippen molar-refractivity contribution >= 4 is 29.3 Å². The van der Waals surface area contributed by atoms with Gasteiger partial charge in [0.1, 0.15) is 23.2 Å². The highest BCUT2D eigenvalue weighted by molar-refractivity contribution is 6.31. The van der Waals surface area contributed by atoms with E-state index < -0.39 is 5.91 Å². The summed E-state index contributed by atoms with van der Waals surface area (Å²) in [6, 6.07) is 20.6. The SMILES string of the molecule is CCOc1cc(/C=C(\C#N)C(=O)Nc2ccccc2)cc(Cl)c1Cc1ccccc1F. The monoisotopic (exact) mass is 434 g/mol. The Morgan fingerprint density at radius 1 is 1.16 bits per heavy atom. The minimum absolute atomic E-state index is 0.0794. The lowest BCUT2D eigenvalue weighted by Crippen LogP contribution is -2.13. The average molecular weight is 435 g/mol. The van der Waals surface area contributed by atoms with E-state index >= 15 is 0 Å². The van der Waals surface area contributed by atoms with Crippen LogP contribution in [0.4, 0.5) is 10.1 Å². The Hall–Kier alpha value is -3.62. The maximum Gasteiger partial charge on any atom is 0.266 e. The molecule has 3 aromatic rings. The summed E-state index contributed by atoms with van der Waals surface area (Å²) in [5.41, 5.74) is 2.17. The summed E-state index contributed by atoms with van der Waals surface area (Å²) in [7, 11) is 0. The van der Waals surface area contributed by atoms with Gasteiger partial charge in [0.15, 0.2) is 0 Å². The summed E-state index contributed by atoms with van der Waals surface area (Å²) in [4.78, 5) is 12.5. The summed E-state index contributed by atoms with van der Waals surface area (Å²) in [5, 5.41) is 12.5. The van der Waals surface area contributed by atoms with Gasteiger partial charge in [0.2, 0.25) is 0 Å². The van der Waals surface area contributed by atoms with Crippen LogP contribution in [0, 0.1) is 17.1 Å². The molecule has 0 aliphatic heterocycles. The summed E-state index contributed by atoms with van der Waals surface area (Å²) >= 11 is 6.49. The van der Waals surface area contributed by atoms with Crippen molar-refractivity contribution in [2.75, 3.05) is 11.9 Å². The predicted octanol–water partition coefficient (Wildman–Crippen LogP) is 6.01. The van der Waals surface area contributed by atoms with Gasteiger partial charge in [-0.15, -0.1) is 0 Å². The van der Waals surface area contributed by atoms with Crippen LogP contribution in [0.2, 0.25) is 5.02 Å². The topological polar surface area (TPSA) is 62.1 Å². The number of nitrogens with zero attached hydrogens (tertiary/aromatic N) is 1. The van der Waals surface area contributed by atoms with Crippen LogP contribution in [0.1, 0.15) is 23.6 Å². The molecule has 1 amide bonds. The van der Waals surface area contributed by atoms with E-state index in [1.807, 2.05) is 19.1 Å². The normalized spacial score (nSPS) is 11.0. The number of carbonyl (C=O) groups excluding carboxylic acids is 1. The third kappa shape index (κ3) is 5.71. The maximum atomic E-state index is 14.1. The lowest BCUT2D eigenvalue weighted by Gasteiger charge is -2.14. The molecule has 0 aliphatic carbocycles. The Kier molecular flexibility index (Phi) is 7.42. The van der Waals surface area contributed by atoms with Crippen molar-refractivity contribution < 1.29 is 13.9 Å². The molecular weight excluding hydrogens is 415 g/mol. The van der Waals surface area contributed by atoms with Gasteiger partial charge in [-0.3, -0.25) is 4.79 Å². The Labute approximate surface area is 185 Å². The molecule has 156 valence electrons. The Balaban J connectivity index is 1.93. The first-order valence-corrected chi connectivity index (χ1v) is 10.1. The molecule has 4 nitrogen and oxygen atoms in total. The predicted molar refractivity (Wildman–Crippen MR) is 120 cm³/mol. The first kappa shape index (κ1) is 22.1. The molecule has 3 aromatic carbocycles. The summed E-state index contributed by atoms with van der Waals surface area (Å²) in [5.74, 6) is -0.377.